The molecule has 1 aliphatic carbocycles. The Morgan fingerprint density at radius 3 is 2.72 bits per heavy atom. The van der Waals surface area contributed by atoms with Gasteiger partial charge >= 0.3 is 0 Å². The number of benzene rings is 1. The number of tetrazole rings is 1. The molecular weight excluding hydrogens is 342 g/mol. The van der Waals surface area contributed by atoms with E-state index in [0.29, 0.717) is 29.0 Å². The van der Waals surface area contributed by atoms with Crippen LogP contribution in [-0.4, -0.2) is 30.3 Å². The third-order valence-electron chi connectivity index (χ3n) is 4.61. The minimum Gasteiger partial charge on any atom is -0.337 e. The van der Waals surface area contributed by atoms with Gasteiger partial charge in [0.2, 0.25) is 5.82 Å². The van der Waals surface area contributed by atoms with Gasteiger partial charge in [-0.25, -0.2) is 0 Å². The predicted octanol–water partition coefficient (Wildman–Crippen LogP) is 2.71. The molecule has 1 unspecified atom stereocenters. The monoisotopic (exact) mass is 359 g/mol. The van der Waals surface area contributed by atoms with Crippen LogP contribution < -0.4 is 5.73 Å². The maximum Gasteiger partial charge on any atom is 0.253 e. The lowest BCUT2D eigenvalue weighted by atomic mass is 9.77. The molecule has 2 aromatic heterocycles. The van der Waals surface area contributed by atoms with E-state index >= 15 is 0 Å². The topological polar surface area (TPSA) is 109 Å². The smallest absolute Gasteiger partial charge is 0.253 e. The molecule has 0 spiro atoms. The van der Waals surface area contributed by atoms with Gasteiger partial charge in [-0.2, -0.15) is 9.78 Å². The van der Waals surface area contributed by atoms with Crippen LogP contribution in [-0.2, 0) is 5.54 Å². The van der Waals surface area contributed by atoms with Crippen molar-refractivity contribution >= 4 is 11.6 Å². The second-order valence-electron chi connectivity index (χ2n) is 6.33. The van der Waals surface area contributed by atoms with E-state index < -0.39 is 5.54 Å². The summed E-state index contributed by atoms with van der Waals surface area (Å²) in [6.07, 6.45) is 3.54. The van der Waals surface area contributed by atoms with Crippen LogP contribution in [0, 0.1) is 0 Å². The van der Waals surface area contributed by atoms with E-state index in [1.165, 1.54) is 4.80 Å². The number of rotatable bonds is 5. The second kappa shape index (κ2) is 6.20. The van der Waals surface area contributed by atoms with Crippen LogP contribution in [0.25, 0.3) is 11.4 Å². The average molecular weight is 360 g/mol. The summed E-state index contributed by atoms with van der Waals surface area (Å²) >= 11 is 5.91. The number of hydrogen-bond donors (Lipinski definition) is 1. The van der Waals surface area contributed by atoms with Crippen molar-refractivity contribution in [2.45, 2.75) is 44.2 Å². The summed E-state index contributed by atoms with van der Waals surface area (Å²) in [7, 11) is 0. The number of nitrogens with two attached hydrogens (primary N) is 1. The van der Waals surface area contributed by atoms with Gasteiger partial charge in [-0.1, -0.05) is 23.7 Å². The Morgan fingerprint density at radius 2 is 2.08 bits per heavy atom. The Balaban J connectivity index is 1.60. The molecule has 0 saturated heterocycles. The lowest BCUT2D eigenvalue weighted by Crippen LogP contribution is -2.44. The zero-order valence-corrected chi connectivity index (χ0v) is 14.5. The minimum atomic E-state index is -0.454. The summed E-state index contributed by atoms with van der Waals surface area (Å²) in [6.45, 7) is 2.00. The SMILES string of the molecule is CCC(c1nc(C2(N)CCC2)no1)n1nnc(-c2ccc(Cl)cc2)n1. The summed E-state index contributed by atoms with van der Waals surface area (Å²) in [4.78, 5) is 6.00. The predicted molar refractivity (Wildman–Crippen MR) is 90.7 cm³/mol. The van der Waals surface area contributed by atoms with Gasteiger partial charge in [-0.05, 0) is 55.2 Å². The summed E-state index contributed by atoms with van der Waals surface area (Å²) < 4.78 is 5.44. The third kappa shape index (κ3) is 2.91. The maximum atomic E-state index is 6.26. The molecule has 8 nitrogen and oxygen atoms in total. The molecule has 0 amide bonds. The quantitative estimate of drug-likeness (QED) is 0.745. The van der Waals surface area contributed by atoms with E-state index in [0.717, 1.165) is 24.8 Å². The van der Waals surface area contributed by atoms with Crippen molar-refractivity contribution in [1.29, 1.82) is 0 Å². The molecule has 1 atom stereocenters. The maximum absolute atomic E-state index is 6.26. The molecule has 4 rings (SSSR count). The van der Waals surface area contributed by atoms with Gasteiger partial charge in [0.15, 0.2) is 11.9 Å². The van der Waals surface area contributed by atoms with Gasteiger partial charge in [-0.15, -0.1) is 10.2 Å². The van der Waals surface area contributed by atoms with E-state index in [4.69, 9.17) is 21.9 Å². The number of halogens is 1. The van der Waals surface area contributed by atoms with Crippen molar-refractivity contribution in [2.75, 3.05) is 0 Å². The van der Waals surface area contributed by atoms with E-state index in [9.17, 15) is 0 Å². The first-order chi connectivity index (χ1) is 12.1. The van der Waals surface area contributed by atoms with Crippen LogP contribution >= 0.6 is 11.6 Å². The van der Waals surface area contributed by atoms with Crippen LogP contribution in [0.4, 0.5) is 0 Å². The minimum absolute atomic E-state index is 0.279. The molecule has 1 fully saturated rings. The molecule has 9 heteroatoms. The summed E-state index contributed by atoms with van der Waals surface area (Å²) in [5.74, 6) is 1.53. The fourth-order valence-electron chi connectivity index (χ4n) is 2.86. The van der Waals surface area contributed by atoms with Crippen LogP contribution in [0.1, 0.15) is 50.4 Å². The molecule has 2 N–H and O–H groups in total. The summed E-state index contributed by atoms with van der Waals surface area (Å²) in [5, 5.41) is 17.4. The van der Waals surface area contributed by atoms with E-state index in [1.54, 1.807) is 12.1 Å². The lowest BCUT2D eigenvalue weighted by molar-refractivity contribution is 0.227. The van der Waals surface area contributed by atoms with Crippen molar-refractivity contribution in [3.05, 3.63) is 41.0 Å². The Morgan fingerprint density at radius 1 is 1.32 bits per heavy atom. The molecule has 0 aliphatic heterocycles. The first-order valence-electron chi connectivity index (χ1n) is 8.27. The highest BCUT2D eigenvalue weighted by molar-refractivity contribution is 6.30. The molecule has 1 saturated carbocycles. The van der Waals surface area contributed by atoms with Crippen molar-refractivity contribution in [1.82, 2.24) is 30.3 Å². The first-order valence-corrected chi connectivity index (χ1v) is 8.65. The zero-order valence-electron chi connectivity index (χ0n) is 13.8. The lowest BCUT2D eigenvalue weighted by Gasteiger charge is -2.34. The van der Waals surface area contributed by atoms with Gasteiger partial charge in [0, 0.05) is 10.6 Å². The summed E-state index contributed by atoms with van der Waals surface area (Å²) in [5.41, 5.74) is 6.65. The third-order valence-corrected chi connectivity index (χ3v) is 4.87. The standard InChI is InChI=1S/C16H18ClN7O/c1-2-12(14-19-15(22-25-14)16(18)8-3-9-16)24-21-13(20-23-24)10-4-6-11(17)7-5-10/h4-7,12H,2-3,8-9,18H2,1H3. The normalized spacial score (nSPS) is 17.2. The Kier molecular flexibility index (Phi) is 4.01. The molecule has 130 valence electrons. The summed E-state index contributed by atoms with van der Waals surface area (Å²) in [6, 6.07) is 7.00. The molecule has 2 heterocycles. The van der Waals surface area contributed by atoms with Crippen molar-refractivity contribution < 1.29 is 4.52 Å². The molecule has 25 heavy (non-hydrogen) atoms. The number of hydrogen-bond acceptors (Lipinski definition) is 7. The Hall–Kier alpha value is -2.32. The van der Waals surface area contributed by atoms with Crippen LogP contribution in [0.3, 0.4) is 0 Å². The number of aromatic nitrogens is 6. The van der Waals surface area contributed by atoms with Crippen molar-refractivity contribution in [3.8, 4) is 11.4 Å². The van der Waals surface area contributed by atoms with E-state index in [2.05, 4.69) is 25.6 Å². The van der Waals surface area contributed by atoms with Gasteiger partial charge in [0.1, 0.15) is 0 Å². The molecular formula is C16H18ClN7O. The van der Waals surface area contributed by atoms with Gasteiger partial charge < -0.3 is 10.3 Å². The van der Waals surface area contributed by atoms with Crippen molar-refractivity contribution in [3.63, 3.8) is 0 Å². The fraction of sp³-hybridized carbons (Fsp3) is 0.438. The average Bonchev–Trinajstić information content (AvgIpc) is 3.25. The van der Waals surface area contributed by atoms with E-state index in [-0.39, 0.29) is 6.04 Å². The van der Waals surface area contributed by atoms with Crippen LogP contribution in [0.2, 0.25) is 5.02 Å². The fourth-order valence-corrected chi connectivity index (χ4v) is 2.99. The zero-order chi connectivity index (χ0) is 17.4. The largest absolute Gasteiger partial charge is 0.337 e. The molecule has 1 aromatic carbocycles. The van der Waals surface area contributed by atoms with Crippen molar-refractivity contribution in [2.24, 2.45) is 5.73 Å². The van der Waals surface area contributed by atoms with Crippen LogP contribution in [0.5, 0.6) is 0 Å². The highest BCUT2D eigenvalue weighted by Gasteiger charge is 2.39. The second-order valence-corrected chi connectivity index (χ2v) is 6.77. The van der Waals surface area contributed by atoms with Gasteiger partial charge in [0.05, 0.1) is 5.54 Å². The molecule has 1 aliphatic rings. The Labute approximate surface area is 149 Å². The molecule has 0 radical (unpaired) electrons. The van der Waals surface area contributed by atoms with Gasteiger partial charge in [-0.3, -0.25) is 0 Å². The van der Waals surface area contributed by atoms with E-state index in [1.807, 2.05) is 19.1 Å². The highest BCUT2D eigenvalue weighted by atomic mass is 35.5. The molecule has 0 bridgehead atoms. The first kappa shape index (κ1) is 16.2. The highest BCUT2D eigenvalue weighted by Crippen LogP contribution is 2.37. The molecule has 3 aromatic rings. The number of nitrogens with zero attached hydrogens (tertiary/aromatic N) is 6. The Bertz CT molecular complexity index is 869. The van der Waals surface area contributed by atoms with Crippen LogP contribution in [0.15, 0.2) is 28.8 Å². The van der Waals surface area contributed by atoms with Gasteiger partial charge in [0.25, 0.3) is 5.89 Å².